The second-order valence-corrected chi connectivity index (χ2v) is 9.56. The van der Waals surface area contributed by atoms with Crippen molar-refractivity contribution in [3.05, 3.63) is 0 Å². The summed E-state index contributed by atoms with van der Waals surface area (Å²) in [5.74, 6) is -0.984. The Labute approximate surface area is 209 Å². The van der Waals surface area contributed by atoms with Crippen LogP contribution < -0.4 is 5.32 Å². The van der Waals surface area contributed by atoms with E-state index in [9.17, 15) is 14.4 Å². The third kappa shape index (κ3) is 12.8. The molecule has 0 aliphatic rings. The highest BCUT2D eigenvalue weighted by Gasteiger charge is 2.39. The quantitative estimate of drug-likeness (QED) is 0.137. The van der Waals surface area contributed by atoms with E-state index in [1.54, 1.807) is 6.92 Å². The van der Waals surface area contributed by atoms with Crippen molar-refractivity contribution >= 4 is 30.3 Å². The Balaban J connectivity index is 5.18. The summed E-state index contributed by atoms with van der Waals surface area (Å²) in [6.45, 7) is 15.9. The standard InChI is InChI=1S/C23H45N3O7S/c1-9-12-13-15-31-22(29)24-19(23(5,6)7)20(27)26(18(4)21(28)30-8)14-16-32-34-33-17-25(10-2)11-3/h18-19H,9-17H2,1-8H3,(H,24,29). The molecule has 0 fully saturated rings. The number of carbonyl (C=O) groups is 3. The summed E-state index contributed by atoms with van der Waals surface area (Å²) in [7, 11) is 1.27. The van der Waals surface area contributed by atoms with Crippen molar-refractivity contribution in [1.82, 2.24) is 15.1 Å². The summed E-state index contributed by atoms with van der Waals surface area (Å²) in [5.41, 5.74) is -0.629. The zero-order valence-electron chi connectivity index (χ0n) is 22.2. The van der Waals surface area contributed by atoms with Gasteiger partial charge in [-0.1, -0.05) is 54.4 Å². The lowest BCUT2D eigenvalue weighted by Gasteiger charge is -2.36. The molecular weight excluding hydrogens is 462 g/mol. The molecule has 34 heavy (non-hydrogen) atoms. The van der Waals surface area contributed by atoms with Gasteiger partial charge in [-0.2, -0.15) is 0 Å². The molecule has 0 aromatic heterocycles. The van der Waals surface area contributed by atoms with E-state index in [-0.39, 0.29) is 19.8 Å². The van der Waals surface area contributed by atoms with Crippen molar-refractivity contribution in [3.63, 3.8) is 0 Å². The van der Waals surface area contributed by atoms with Gasteiger partial charge in [0.2, 0.25) is 5.91 Å². The largest absolute Gasteiger partial charge is 0.467 e. The van der Waals surface area contributed by atoms with Crippen LogP contribution in [0.2, 0.25) is 0 Å². The van der Waals surface area contributed by atoms with Gasteiger partial charge in [0.1, 0.15) is 18.8 Å². The minimum absolute atomic E-state index is 0.108. The number of amides is 2. The number of carbonyl (C=O) groups excluding carboxylic acids is 3. The van der Waals surface area contributed by atoms with E-state index in [1.165, 1.54) is 12.0 Å². The Morgan fingerprint density at radius 1 is 1.00 bits per heavy atom. The maximum Gasteiger partial charge on any atom is 0.407 e. The molecule has 0 heterocycles. The minimum atomic E-state index is -0.912. The van der Waals surface area contributed by atoms with Crippen molar-refractivity contribution in [3.8, 4) is 0 Å². The van der Waals surface area contributed by atoms with Crippen LogP contribution in [-0.2, 0) is 27.4 Å². The molecule has 0 aliphatic carbocycles. The smallest absolute Gasteiger partial charge is 0.407 e. The fraction of sp³-hybridized carbons (Fsp3) is 0.870. The molecule has 0 aromatic rings. The zero-order chi connectivity index (χ0) is 26.1. The molecule has 0 saturated heterocycles. The molecule has 0 radical (unpaired) electrons. The summed E-state index contributed by atoms with van der Waals surface area (Å²) in [4.78, 5) is 41.5. The van der Waals surface area contributed by atoms with E-state index in [4.69, 9.17) is 17.8 Å². The van der Waals surface area contributed by atoms with Gasteiger partial charge < -0.3 is 19.7 Å². The second-order valence-electron chi connectivity index (χ2n) is 8.96. The highest BCUT2D eigenvalue weighted by Crippen LogP contribution is 2.23. The molecular formula is C23H45N3O7S. The van der Waals surface area contributed by atoms with Crippen molar-refractivity contribution in [2.24, 2.45) is 5.41 Å². The van der Waals surface area contributed by atoms with Crippen LogP contribution in [0.25, 0.3) is 0 Å². The number of hydrogen-bond acceptors (Lipinski definition) is 9. The first-order chi connectivity index (χ1) is 16.0. The van der Waals surface area contributed by atoms with Gasteiger partial charge in [0.25, 0.3) is 0 Å². The van der Waals surface area contributed by atoms with Crippen LogP contribution in [0.5, 0.6) is 0 Å². The van der Waals surface area contributed by atoms with Crippen LogP contribution in [0, 0.1) is 5.41 Å². The Hall–Kier alpha value is -1.56. The van der Waals surface area contributed by atoms with Gasteiger partial charge in [-0.15, -0.1) is 0 Å². The van der Waals surface area contributed by atoms with Crippen molar-refractivity contribution in [2.45, 2.75) is 79.8 Å². The molecule has 0 aromatic carbocycles. The third-order valence-corrected chi connectivity index (χ3v) is 5.76. The number of methoxy groups -OCH3 is 1. The average molecular weight is 508 g/mol. The number of nitrogens with one attached hydrogen (secondary N) is 1. The lowest BCUT2D eigenvalue weighted by Crippen LogP contribution is -2.58. The van der Waals surface area contributed by atoms with Gasteiger partial charge in [0, 0.05) is 6.54 Å². The van der Waals surface area contributed by atoms with Gasteiger partial charge in [-0.05, 0) is 31.8 Å². The molecule has 11 heteroatoms. The van der Waals surface area contributed by atoms with Gasteiger partial charge >= 0.3 is 12.1 Å². The average Bonchev–Trinajstić information content (AvgIpc) is 2.80. The number of esters is 1. The van der Waals surface area contributed by atoms with E-state index in [2.05, 4.69) is 17.1 Å². The first-order valence-corrected chi connectivity index (χ1v) is 12.6. The number of rotatable bonds is 17. The van der Waals surface area contributed by atoms with Crippen molar-refractivity contribution < 1.29 is 32.2 Å². The van der Waals surface area contributed by atoms with E-state index >= 15 is 0 Å². The summed E-state index contributed by atoms with van der Waals surface area (Å²) in [5, 5.41) is 2.68. The molecule has 0 saturated carbocycles. The predicted molar refractivity (Wildman–Crippen MR) is 133 cm³/mol. The number of unbranched alkanes of at least 4 members (excludes halogenated alkanes) is 2. The van der Waals surface area contributed by atoms with E-state index in [0.29, 0.717) is 6.73 Å². The maximum atomic E-state index is 13.5. The fourth-order valence-electron chi connectivity index (χ4n) is 2.99. The minimum Gasteiger partial charge on any atom is -0.467 e. The van der Waals surface area contributed by atoms with Crippen LogP contribution in [-0.4, -0.2) is 86.5 Å². The molecule has 0 bridgehead atoms. The molecule has 0 rings (SSSR count). The van der Waals surface area contributed by atoms with Gasteiger partial charge in [0.05, 0.1) is 20.3 Å². The number of ether oxygens (including phenoxy) is 2. The molecule has 0 spiro atoms. The summed E-state index contributed by atoms with van der Waals surface area (Å²) in [6.07, 6.45) is 2.06. The first kappa shape index (κ1) is 32.4. The molecule has 2 amide bonds. The molecule has 0 aliphatic heterocycles. The zero-order valence-corrected chi connectivity index (χ0v) is 23.0. The van der Waals surface area contributed by atoms with Crippen LogP contribution in [0.4, 0.5) is 4.79 Å². The Morgan fingerprint density at radius 3 is 2.18 bits per heavy atom. The number of nitrogens with zero attached hydrogens (tertiary/aromatic N) is 2. The van der Waals surface area contributed by atoms with Crippen LogP contribution in [0.3, 0.4) is 0 Å². The first-order valence-electron chi connectivity index (χ1n) is 12.0. The molecule has 200 valence electrons. The molecule has 10 nitrogen and oxygen atoms in total. The van der Waals surface area contributed by atoms with Gasteiger partial charge in [-0.25, -0.2) is 9.59 Å². The fourth-order valence-corrected chi connectivity index (χ4v) is 3.39. The van der Waals surface area contributed by atoms with Crippen molar-refractivity contribution in [2.75, 3.05) is 46.7 Å². The Morgan fingerprint density at radius 2 is 1.65 bits per heavy atom. The van der Waals surface area contributed by atoms with Crippen LogP contribution in [0.1, 0.15) is 67.7 Å². The van der Waals surface area contributed by atoms with E-state index in [0.717, 1.165) is 44.7 Å². The summed E-state index contributed by atoms with van der Waals surface area (Å²) < 4.78 is 20.9. The van der Waals surface area contributed by atoms with Crippen LogP contribution >= 0.6 is 12.3 Å². The van der Waals surface area contributed by atoms with Gasteiger partial charge in [-0.3, -0.25) is 18.1 Å². The van der Waals surface area contributed by atoms with Crippen molar-refractivity contribution in [1.29, 1.82) is 0 Å². The lowest BCUT2D eigenvalue weighted by molar-refractivity contribution is -0.154. The Kier molecular flexibility index (Phi) is 17.0. The molecule has 2 unspecified atom stereocenters. The Bertz CT molecular complexity index is 598. The monoisotopic (exact) mass is 507 g/mol. The highest BCUT2D eigenvalue weighted by atomic mass is 32.2. The van der Waals surface area contributed by atoms with Crippen LogP contribution in [0.15, 0.2) is 0 Å². The number of hydrogen-bond donors (Lipinski definition) is 1. The number of alkyl carbamates (subject to hydrolysis) is 1. The third-order valence-electron chi connectivity index (χ3n) is 5.29. The van der Waals surface area contributed by atoms with E-state index < -0.39 is 35.5 Å². The maximum absolute atomic E-state index is 13.5. The summed E-state index contributed by atoms with van der Waals surface area (Å²) in [6, 6.07) is -1.78. The second kappa shape index (κ2) is 17.8. The SMILES string of the molecule is CCCCCOC(=O)NC(C(=O)N(CCOSOCN(CC)CC)C(C)C(=O)OC)C(C)(C)C. The van der Waals surface area contributed by atoms with Gasteiger partial charge in [0.15, 0.2) is 12.3 Å². The highest BCUT2D eigenvalue weighted by molar-refractivity contribution is 7.89. The molecule has 1 N–H and O–H groups in total. The van der Waals surface area contributed by atoms with E-state index in [1.807, 2.05) is 34.6 Å². The molecule has 2 atom stereocenters. The normalized spacial score (nSPS) is 13.3. The topological polar surface area (TPSA) is 107 Å². The predicted octanol–water partition coefficient (Wildman–Crippen LogP) is 3.60. The summed E-state index contributed by atoms with van der Waals surface area (Å²) >= 11 is 0.844. The lowest BCUT2D eigenvalue weighted by atomic mass is 9.85.